The molecule has 0 radical (unpaired) electrons. The van der Waals surface area contributed by atoms with E-state index in [0.29, 0.717) is 23.4 Å². The molecule has 0 aliphatic rings. The van der Waals surface area contributed by atoms with Gasteiger partial charge in [-0.2, -0.15) is 0 Å². The summed E-state index contributed by atoms with van der Waals surface area (Å²) in [7, 11) is 3.18. The molecular weight excluding hydrogens is 350 g/mol. The Balaban J connectivity index is 2.01. The van der Waals surface area contributed by atoms with E-state index < -0.39 is 0 Å². The highest BCUT2D eigenvalue weighted by Gasteiger charge is 2.15. The molecule has 28 heavy (non-hydrogen) atoms. The lowest BCUT2D eigenvalue weighted by atomic mass is 10.00. The maximum Gasteiger partial charge on any atom is 0.258 e. The molecule has 1 aromatic heterocycles. The van der Waals surface area contributed by atoms with Gasteiger partial charge in [0.25, 0.3) is 5.56 Å². The van der Waals surface area contributed by atoms with E-state index in [2.05, 4.69) is 0 Å². The number of rotatable bonds is 5. The number of methoxy groups -OCH3 is 2. The number of pyridine rings is 1. The van der Waals surface area contributed by atoms with Crippen LogP contribution in [0, 0.1) is 0 Å². The lowest BCUT2D eigenvalue weighted by molar-refractivity contribution is 0.356. The zero-order valence-electron chi connectivity index (χ0n) is 15.9. The van der Waals surface area contributed by atoms with Crippen LogP contribution >= 0.6 is 0 Å². The van der Waals surface area contributed by atoms with E-state index in [9.17, 15) is 4.79 Å². The van der Waals surface area contributed by atoms with Gasteiger partial charge in [0.05, 0.1) is 26.2 Å². The van der Waals surface area contributed by atoms with Crippen molar-refractivity contribution < 1.29 is 9.47 Å². The Morgan fingerprint density at radius 3 is 1.96 bits per heavy atom. The Bertz CT molecular complexity index is 1170. The molecule has 3 aromatic carbocycles. The van der Waals surface area contributed by atoms with Crippen LogP contribution in [0.5, 0.6) is 11.5 Å². The number of hydrogen-bond acceptors (Lipinski definition) is 3. The van der Waals surface area contributed by atoms with Gasteiger partial charge in [0.1, 0.15) is 0 Å². The summed E-state index contributed by atoms with van der Waals surface area (Å²) in [6, 6.07) is 23.7. The predicted molar refractivity (Wildman–Crippen MR) is 112 cm³/mol. The number of ether oxygens (including phenoxy) is 2. The van der Waals surface area contributed by atoms with Gasteiger partial charge >= 0.3 is 0 Å². The molecule has 0 amide bonds. The van der Waals surface area contributed by atoms with Crippen LogP contribution in [0.2, 0.25) is 0 Å². The van der Waals surface area contributed by atoms with Crippen LogP contribution in [0.15, 0.2) is 83.8 Å². The van der Waals surface area contributed by atoms with Gasteiger partial charge in [-0.3, -0.25) is 4.79 Å². The standard InChI is InChI=1S/C24H21NO3/c1-27-22-13-19-20(14-23(22)28-2)24(26)25(15-17-9-5-3-6-10-17)16-21(19)18-11-7-4-8-12-18/h3-14,16H,15H2,1-2H3. The predicted octanol–water partition coefficient (Wildman–Crippen LogP) is 4.73. The van der Waals surface area contributed by atoms with Crippen molar-refractivity contribution >= 4 is 10.8 Å². The van der Waals surface area contributed by atoms with Crippen molar-refractivity contribution in [2.75, 3.05) is 14.2 Å². The fourth-order valence-corrected chi connectivity index (χ4v) is 3.46. The summed E-state index contributed by atoms with van der Waals surface area (Å²) in [5.41, 5.74) is 3.04. The van der Waals surface area contributed by atoms with Crippen molar-refractivity contribution in [3.63, 3.8) is 0 Å². The van der Waals surface area contributed by atoms with E-state index in [1.165, 1.54) is 0 Å². The monoisotopic (exact) mass is 371 g/mol. The normalized spacial score (nSPS) is 10.8. The number of nitrogens with zero attached hydrogens (tertiary/aromatic N) is 1. The van der Waals surface area contributed by atoms with Crippen molar-refractivity contribution in [3.8, 4) is 22.6 Å². The Kier molecular flexibility index (Phi) is 4.85. The van der Waals surface area contributed by atoms with Gasteiger partial charge < -0.3 is 14.0 Å². The molecular formula is C24H21NO3. The highest BCUT2D eigenvalue weighted by Crippen LogP contribution is 2.35. The maximum atomic E-state index is 13.3. The van der Waals surface area contributed by atoms with Gasteiger partial charge in [-0.05, 0) is 23.3 Å². The van der Waals surface area contributed by atoms with Crippen LogP contribution in [0.4, 0.5) is 0 Å². The molecule has 0 bridgehead atoms. The van der Waals surface area contributed by atoms with Crippen molar-refractivity contribution in [3.05, 3.63) is 94.9 Å². The molecule has 1 heterocycles. The fraction of sp³-hybridized carbons (Fsp3) is 0.125. The van der Waals surface area contributed by atoms with Gasteiger partial charge in [-0.15, -0.1) is 0 Å². The first-order chi connectivity index (χ1) is 13.7. The van der Waals surface area contributed by atoms with Gasteiger partial charge in [0.15, 0.2) is 11.5 Å². The van der Waals surface area contributed by atoms with Gasteiger partial charge in [0.2, 0.25) is 0 Å². The molecule has 0 saturated carbocycles. The molecule has 0 spiro atoms. The summed E-state index contributed by atoms with van der Waals surface area (Å²) in [4.78, 5) is 13.3. The second-order valence-electron chi connectivity index (χ2n) is 6.58. The molecule has 4 aromatic rings. The average Bonchev–Trinajstić information content (AvgIpc) is 2.76. The topological polar surface area (TPSA) is 40.5 Å². The largest absolute Gasteiger partial charge is 0.493 e. The summed E-state index contributed by atoms with van der Waals surface area (Å²) < 4.78 is 12.7. The third-order valence-corrected chi connectivity index (χ3v) is 4.87. The van der Waals surface area contributed by atoms with Crippen LogP contribution in [0.1, 0.15) is 5.56 Å². The van der Waals surface area contributed by atoms with E-state index in [-0.39, 0.29) is 5.56 Å². The molecule has 4 heteroatoms. The lowest BCUT2D eigenvalue weighted by Gasteiger charge is -2.15. The first-order valence-corrected chi connectivity index (χ1v) is 9.10. The highest BCUT2D eigenvalue weighted by atomic mass is 16.5. The van der Waals surface area contributed by atoms with Crippen molar-refractivity contribution in [1.82, 2.24) is 4.57 Å². The van der Waals surface area contributed by atoms with E-state index in [0.717, 1.165) is 22.1 Å². The van der Waals surface area contributed by atoms with E-state index in [4.69, 9.17) is 9.47 Å². The summed E-state index contributed by atoms with van der Waals surface area (Å²) in [6.07, 6.45) is 1.93. The van der Waals surface area contributed by atoms with E-state index in [1.54, 1.807) is 24.9 Å². The van der Waals surface area contributed by atoms with E-state index in [1.807, 2.05) is 72.9 Å². The minimum Gasteiger partial charge on any atom is -0.493 e. The Morgan fingerprint density at radius 1 is 0.786 bits per heavy atom. The minimum absolute atomic E-state index is 0.0560. The van der Waals surface area contributed by atoms with Gasteiger partial charge in [-0.25, -0.2) is 0 Å². The van der Waals surface area contributed by atoms with E-state index >= 15 is 0 Å². The average molecular weight is 371 g/mol. The van der Waals surface area contributed by atoms with Crippen molar-refractivity contribution in [2.24, 2.45) is 0 Å². The smallest absolute Gasteiger partial charge is 0.258 e. The van der Waals surface area contributed by atoms with Crippen LogP contribution < -0.4 is 15.0 Å². The molecule has 0 N–H and O–H groups in total. The zero-order valence-corrected chi connectivity index (χ0v) is 15.9. The number of hydrogen-bond donors (Lipinski definition) is 0. The number of benzene rings is 3. The number of fused-ring (bicyclic) bond motifs is 1. The lowest BCUT2D eigenvalue weighted by Crippen LogP contribution is -2.21. The molecule has 0 aliphatic heterocycles. The SMILES string of the molecule is COc1cc2c(-c3ccccc3)cn(Cc3ccccc3)c(=O)c2cc1OC. The Hall–Kier alpha value is -3.53. The molecule has 0 aliphatic carbocycles. The number of aromatic nitrogens is 1. The highest BCUT2D eigenvalue weighted by molar-refractivity contribution is 5.97. The third-order valence-electron chi connectivity index (χ3n) is 4.87. The third kappa shape index (κ3) is 3.25. The molecule has 0 saturated heterocycles. The fourth-order valence-electron chi connectivity index (χ4n) is 3.46. The second-order valence-corrected chi connectivity index (χ2v) is 6.58. The van der Waals surface area contributed by atoms with Crippen molar-refractivity contribution in [1.29, 1.82) is 0 Å². The molecule has 0 atom stereocenters. The minimum atomic E-state index is -0.0560. The van der Waals surface area contributed by atoms with Crippen LogP contribution in [0.3, 0.4) is 0 Å². The van der Waals surface area contributed by atoms with Crippen molar-refractivity contribution in [2.45, 2.75) is 6.54 Å². The second kappa shape index (κ2) is 7.61. The first-order valence-electron chi connectivity index (χ1n) is 9.10. The zero-order chi connectivity index (χ0) is 19.5. The maximum absolute atomic E-state index is 13.3. The van der Waals surface area contributed by atoms with Crippen LogP contribution in [0.25, 0.3) is 21.9 Å². The van der Waals surface area contributed by atoms with Crippen LogP contribution in [-0.2, 0) is 6.54 Å². The summed E-state index contributed by atoms with van der Waals surface area (Å²) in [5.74, 6) is 1.15. The van der Waals surface area contributed by atoms with Crippen LogP contribution in [-0.4, -0.2) is 18.8 Å². The quantitative estimate of drug-likeness (QED) is 0.509. The molecule has 140 valence electrons. The molecule has 4 nitrogen and oxygen atoms in total. The molecule has 0 unspecified atom stereocenters. The first kappa shape index (κ1) is 17.9. The summed E-state index contributed by atoms with van der Waals surface area (Å²) in [5, 5.41) is 1.45. The molecule has 0 fully saturated rings. The Labute approximate surface area is 163 Å². The molecule has 4 rings (SSSR count). The summed E-state index contributed by atoms with van der Waals surface area (Å²) in [6.45, 7) is 0.504. The van der Waals surface area contributed by atoms with Gasteiger partial charge in [0, 0.05) is 17.1 Å². The Morgan fingerprint density at radius 2 is 1.36 bits per heavy atom. The summed E-state index contributed by atoms with van der Waals surface area (Å²) >= 11 is 0. The van der Waals surface area contributed by atoms with Gasteiger partial charge in [-0.1, -0.05) is 60.7 Å².